The predicted molar refractivity (Wildman–Crippen MR) is 61.8 cm³/mol. The van der Waals surface area contributed by atoms with Crippen LogP contribution < -0.4 is 5.32 Å². The second-order valence-electron chi connectivity index (χ2n) is 5.15. The SMILES string of the molecule is CN(C)CC(=O)NC1(C)CCN(C)CC1. The van der Waals surface area contributed by atoms with Gasteiger partial charge in [0.25, 0.3) is 0 Å². The van der Waals surface area contributed by atoms with Crippen LogP contribution in [0.5, 0.6) is 0 Å². The van der Waals surface area contributed by atoms with Crippen molar-refractivity contribution in [1.82, 2.24) is 15.1 Å². The fraction of sp³-hybridized carbons (Fsp3) is 0.909. The summed E-state index contributed by atoms with van der Waals surface area (Å²) in [5, 5.41) is 3.14. The van der Waals surface area contributed by atoms with E-state index in [9.17, 15) is 4.79 Å². The van der Waals surface area contributed by atoms with E-state index in [1.807, 2.05) is 19.0 Å². The quantitative estimate of drug-likeness (QED) is 0.725. The highest BCUT2D eigenvalue weighted by molar-refractivity contribution is 5.78. The summed E-state index contributed by atoms with van der Waals surface area (Å²) in [6, 6.07) is 0. The summed E-state index contributed by atoms with van der Waals surface area (Å²) in [5.74, 6) is 0.132. The Hall–Kier alpha value is -0.610. The summed E-state index contributed by atoms with van der Waals surface area (Å²) in [4.78, 5) is 15.8. The van der Waals surface area contributed by atoms with Crippen molar-refractivity contribution in [2.24, 2.45) is 0 Å². The number of amides is 1. The zero-order valence-corrected chi connectivity index (χ0v) is 10.3. The molecular formula is C11H23N3O. The third-order valence-electron chi connectivity index (χ3n) is 2.99. The van der Waals surface area contributed by atoms with E-state index < -0.39 is 0 Å². The molecular weight excluding hydrogens is 190 g/mol. The van der Waals surface area contributed by atoms with Crippen LogP contribution in [0.25, 0.3) is 0 Å². The van der Waals surface area contributed by atoms with Gasteiger partial charge in [-0.25, -0.2) is 0 Å². The second-order valence-corrected chi connectivity index (χ2v) is 5.15. The molecule has 4 nitrogen and oxygen atoms in total. The average molecular weight is 213 g/mol. The lowest BCUT2D eigenvalue weighted by Gasteiger charge is -2.38. The Morgan fingerprint density at radius 2 is 1.93 bits per heavy atom. The van der Waals surface area contributed by atoms with E-state index in [1.165, 1.54) is 0 Å². The molecule has 0 spiro atoms. The van der Waals surface area contributed by atoms with E-state index in [4.69, 9.17) is 0 Å². The number of hydrogen-bond acceptors (Lipinski definition) is 3. The molecule has 0 aliphatic carbocycles. The molecule has 0 unspecified atom stereocenters. The fourth-order valence-electron chi connectivity index (χ4n) is 1.90. The molecule has 1 saturated heterocycles. The molecule has 1 aliphatic rings. The van der Waals surface area contributed by atoms with Crippen LogP contribution in [0.4, 0.5) is 0 Å². The molecule has 1 amide bonds. The number of nitrogens with zero attached hydrogens (tertiary/aromatic N) is 2. The summed E-state index contributed by atoms with van der Waals surface area (Å²) in [6.45, 7) is 4.76. The first-order chi connectivity index (χ1) is 6.91. The second kappa shape index (κ2) is 4.94. The lowest BCUT2D eigenvalue weighted by molar-refractivity contribution is -0.124. The van der Waals surface area contributed by atoms with Crippen LogP contribution in [-0.4, -0.2) is 62.0 Å². The molecule has 0 aromatic heterocycles. The van der Waals surface area contributed by atoms with Gasteiger partial charge in [-0.2, -0.15) is 0 Å². The van der Waals surface area contributed by atoms with Gasteiger partial charge in [-0.05, 0) is 40.9 Å². The van der Waals surface area contributed by atoms with E-state index in [0.717, 1.165) is 25.9 Å². The summed E-state index contributed by atoms with van der Waals surface area (Å²) in [7, 11) is 5.95. The number of rotatable bonds is 3. The maximum Gasteiger partial charge on any atom is 0.234 e. The normalized spacial score (nSPS) is 21.7. The number of likely N-dealkylation sites (tertiary alicyclic amines) is 1. The molecule has 0 aromatic rings. The Morgan fingerprint density at radius 3 is 2.40 bits per heavy atom. The van der Waals surface area contributed by atoms with Crippen molar-refractivity contribution in [3.8, 4) is 0 Å². The summed E-state index contributed by atoms with van der Waals surface area (Å²) in [6.07, 6.45) is 2.09. The minimum atomic E-state index is -0.000394. The molecule has 0 saturated carbocycles. The summed E-state index contributed by atoms with van der Waals surface area (Å²) in [5.41, 5.74) is -0.000394. The van der Waals surface area contributed by atoms with E-state index in [0.29, 0.717) is 6.54 Å². The van der Waals surface area contributed by atoms with Gasteiger partial charge in [0.15, 0.2) is 0 Å². The highest BCUT2D eigenvalue weighted by Gasteiger charge is 2.30. The Labute approximate surface area is 92.6 Å². The molecule has 0 radical (unpaired) electrons. The first-order valence-corrected chi connectivity index (χ1v) is 5.56. The molecule has 1 fully saturated rings. The number of hydrogen-bond donors (Lipinski definition) is 1. The highest BCUT2D eigenvalue weighted by Crippen LogP contribution is 2.20. The molecule has 1 heterocycles. The number of nitrogens with one attached hydrogen (secondary N) is 1. The Morgan fingerprint density at radius 1 is 1.40 bits per heavy atom. The molecule has 1 N–H and O–H groups in total. The topological polar surface area (TPSA) is 35.6 Å². The van der Waals surface area contributed by atoms with E-state index in [2.05, 4.69) is 24.2 Å². The van der Waals surface area contributed by atoms with Crippen molar-refractivity contribution in [2.75, 3.05) is 40.8 Å². The van der Waals surface area contributed by atoms with Crippen LogP contribution in [-0.2, 0) is 4.79 Å². The van der Waals surface area contributed by atoms with Gasteiger partial charge in [-0.1, -0.05) is 0 Å². The summed E-state index contributed by atoms with van der Waals surface area (Å²) < 4.78 is 0. The van der Waals surface area contributed by atoms with Gasteiger partial charge in [0.2, 0.25) is 5.91 Å². The van der Waals surface area contributed by atoms with Gasteiger partial charge in [-0.15, -0.1) is 0 Å². The zero-order chi connectivity index (χ0) is 11.5. The minimum absolute atomic E-state index is 0.000394. The fourth-order valence-corrected chi connectivity index (χ4v) is 1.90. The van der Waals surface area contributed by atoms with Crippen LogP contribution in [0.3, 0.4) is 0 Å². The van der Waals surface area contributed by atoms with Crippen LogP contribution in [0.2, 0.25) is 0 Å². The smallest absolute Gasteiger partial charge is 0.234 e. The van der Waals surface area contributed by atoms with E-state index in [1.54, 1.807) is 0 Å². The Kier molecular flexibility index (Phi) is 4.11. The van der Waals surface area contributed by atoms with Crippen molar-refractivity contribution in [3.63, 3.8) is 0 Å². The number of carbonyl (C=O) groups is 1. The standard InChI is InChI=1S/C11H23N3O/c1-11(5-7-14(4)8-6-11)12-10(15)9-13(2)3/h5-9H2,1-4H3,(H,12,15). The van der Waals surface area contributed by atoms with Crippen molar-refractivity contribution in [2.45, 2.75) is 25.3 Å². The third-order valence-corrected chi connectivity index (χ3v) is 2.99. The highest BCUT2D eigenvalue weighted by atomic mass is 16.2. The Balaban J connectivity index is 2.39. The van der Waals surface area contributed by atoms with E-state index in [-0.39, 0.29) is 11.4 Å². The van der Waals surface area contributed by atoms with Crippen molar-refractivity contribution < 1.29 is 4.79 Å². The van der Waals surface area contributed by atoms with Crippen molar-refractivity contribution in [3.05, 3.63) is 0 Å². The van der Waals surface area contributed by atoms with E-state index >= 15 is 0 Å². The third kappa shape index (κ3) is 4.18. The van der Waals surface area contributed by atoms with Gasteiger partial charge in [0.05, 0.1) is 6.54 Å². The Bertz CT molecular complexity index is 220. The lowest BCUT2D eigenvalue weighted by atomic mass is 9.90. The maximum atomic E-state index is 11.6. The van der Waals surface area contributed by atoms with Gasteiger partial charge < -0.3 is 15.1 Å². The lowest BCUT2D eigenvalue weighted by Crippen LogP contribution is -2.54. The largest absolute Gasteiger partial charge is 0.350 e. The molecule has 0 bridgehead atoms. The number of piperidine rings is 1. The molecule has 15 heavy (non-hydrogen) atoms. The zero-order valence-electron chi connectivity index (χ0n) is 10.3. The van der Waals surface area contributed by atoms with Crippen LogP contribution in [0.1, 0.15) is 19.8 Å². The first-order valence-electron chi connectivity index (χ1n) is 5.56. The molecule has 0 aromatic carbocycles. The van der Waals surface area contributed by atoms with Gasteiger partial charge >= 0.3 is 0 Å². The molecule has 88 valence electrons. The van der Waals surface area contributed by atoms with Crippen LogP contribution >= 0.6 is 0 Å². The monoisotopic (exact) mass is 213 g/mol. The van der Waals surface area contributed by atoms with Crippen molar-refractivity contribution in [1.29, 1.82) is 0 Å². The molecule has 0 atom stereocenters. The van der Waals surface area contributed by atoms with Crippen LogP contribution in [0.15, 0.2) is 0 Å². The average Bonchev–Trinajstić information content (AvgIpc) is 2.09. The first kappa shape index (κ1) is 12.5. The van der Waals surface area contributed by atoms with Gasteiger partial charge in [0.1, 0.15) is 0 Å². The number of carbonyl (C=O) groups excluding carboxylic acids is 1. The maximum absolute atomic E-state index is 11.6. The van der Waals surface area contributed by atoms with Crippen LogP contribution in [0, 0.1) is 0 Å². The summed E-state index contributed by atoms with van der Waals surface area (Å²) >= 11 is 0. The molecule has 4 heteroatoms. The van der Waals surface area contributed by atoms with Gasteiger partial charge in [-0.3, -0.25) is 4.79 Å². The minimum Gasteiger partial charge on any atom is -0.350 e. The molecule has 1 rings (SSSR count). The van der Waals surface area contributed by atoms with Crippen molar-refractivity contribution >= 4 is 5.91 Å². The predicted octanol–water partition coefficient (Wildman–Crippen LogP) is 0.149. The number of likely N-dealkylation sites (N-methyl/N-ethyl adjacent to an activating group) is 1. The molecule has 1 aliphatic heterocycles. The van der Waals surface area contributed by atoms with Gasteiger partial charge in [0, 0.05) is 18.6 Å².